The summed E-state index contributed by atoms with van der Waals surface area (Å²) in [5, 5.41) is 9.35. The third-order valence-corrected chi connectivity index (χ3v) is 3.83. The van der Waals surface area contributed by atoms with Crippen LogP contribution in [0, 0.1) is 0 Å². The van der Waals surface area contributed by atoms with E-state index in [1.165, 1.54) is 6.33 Å². The molecule has 0 aliphatic rings. The maximum atomic E-state index is 12.4. The number of nitrogens with zero attached hydrogens (tertiary/aromatic N) is 5. The largest absolute Gasteiger partial charge is 0.455 e. The molecule has 2 aromatic rings. The first-order valence-corrected chi connectivity index (χ1v) is 10.8. The van der Waals surface area contributed by atoms with E-state index >= 15 is 0 Å². The molecule has 0 amide bonds. The Balaban J connectivity index is 0.000000499. The van der Waals surface area contributed by atoms with E-state index in [-0.39, 0.29) is 4.73 Å². The third kappa shape index (κ3) is 12.5. The normalized spacial score (nSPS) is 13.0. The van der Waals surface area contributed by atoms with Crippen molar-refractivity contribution in [1.29, 1.82) is 0 Å². The fraction of sp³-hybridized carbons (Fsp3) is 0.636. The van der Waals surface area contributed by atoms with Gasteiger partial charge in [0, 0.05) is 0 Å². The van der Waals surface area contributed by atoms with Crippen LogP contribution in [0.5, 0.6) is 0 Å². The molecule has 22 heteroatoms. The second-order valence-corrected chi connectivity index (χ2v) is 8.46. The first-order valence-electron chi connectivity index (χ1n) is 7.37. The van der Waals surface area contributed by atoms with E-state index in [0.29, 0.717) is 15.7 Å². The van der Waals surface area contributed by atoms with Gasteiger partial charge < -0.3 is 0 Å². The quantitative estimate of drug-likeness (QED) is 0.383. The molecule has 192 valence electrons. The number of H-pyrrole nitrogens is 1. The van der Waals surface area contributed by atoms with Crippen molar-refractivity contribution in [3.63, 3.8) is 0 Å². The Morgan fingerprint density at radius 3 is 1.76 bits per heavy atom. The zero-order valence-electron chi connectivity index (χ0n) is 15.5. The Morgan fingerprint density at radius 1 is 0.970 bits per heavy atom. The topological polar surface area (TPSA) is 116 Å². The van der Waals surface area contributed by atoms with Crippen molar-refractivity contribution in [3.8, 4) is 0 Å². The number of aromatic amines is 1. The van der Waals surface area contributed by atoms with Crippen molar-refractivity contribution in [2.75, 3.05) is 12.9 Å². The van der Waals surface area contributed by atoms with Crippen molar-refractivity contribution in [2.24, 2.45) is 0 Å². The van der Waals surface area contributed by atoms with Crippen LogP contribution in [0.25, 0.3) is 0 Å². The van der Waals surface area contributed by atoms with Gasteiger partial charge in [0.25, 0.3) is 10.1 Å². The summed E-state index contributed by atoms with van der Waals surface area (Å²) in [6.07, 6.45) is -8.80. The first-order chi connectivity index (χ1) is 14.6. The molecule has 0 aliphatic carbocycles. The lowest BCUT2D eigenvalue weighted by atomic mass is 10.3. The minimum atomic E-state index is -5.81. The summed E-state index contributed by atoms with van der Waals surface area (Å²) in [5.41, 5.74) is 0. The van der Waals surface area contributed by atoms with Gasteiger partial charge in [-0.2, -0.15) is 57.4 Å². The molecule has 0 saturated heterocycles. The number of aromatic nitrogens is 6. The Bertz CT molecular complexity index is 949. The summed E-state index contributed by atoms with van der Waals surface area (Å²) in [6.45, 7) is -3.80. The first kappa shape index (κ1) is 31.4. The van der Waals surface area contributed by atoms with E-state index in [1.807, 2.05) is 0 Å². The molecule has 2 aromatic heterocycles. The lowest BCUT2D eigenvalue weighted by molar-refractivity contribution is -0.289. The lowest BCUT2D eigenvalue weighted by Gasteiger charge is -2.18. The molecule has 0 saturated carbocycles. The molecular formula is C11H10Br2F10N6O3S. The molecular weight excluding hydrogens is 646 g/mol. The molecule has 0 radical (unpaired) electrons. The number of hydrogen-bond acceptors (Lipinski definition) is 7. The van der Waals surface area contributed by atoms with Crippen LogP contribution in [-0.2, 0) is 20.8 Å². The van der Waals surface area contributed by atoms with Crippen molar-refractivity contribution >= 4 is 42.0 Å². The lowest BCUT2D eigenvalue weighted by Crippen LogP contribution is -2.41. The van der Waals surface area contributed by atoms with Crippen molar-refractivity contribution < 1.29 is 56.5 Å². The van der Waals surface area contributed by atoms with E-state index in [1.54, 1.807) is 0 Å². The van der Waals surface area contributed by atoms with Crippen molar-refractivity contribution in [3.05, 3.63) is 22.1 Å². The van der Waals surface area contributed by atoms with Crippen LogP contribution in [-0.4, -0.2) is 75.4 Å². The number of halogens is 12. The molecule has 9 nitrogen and oxygen atoms in total. The van der Waals surface area contributed by atoms with Crippen molar-refractivity contribution in [2.45, 2.75) is 30.7 Å². The molecule has 0 atom stereocenters. The Labute approximate surface area is 194 Å². The molecule has 0 bridgehead atoms. The Kier molecular flexibility index (Phi) is 11.2. The van der Waals surface area contributed by atoms with Gasteiger partial charge in [-0.3, -0.25) is 9.28 Å². The molecule has 0 fully saturated rings. The summed E-state index contributed by atoms with van der Waals surface area (Å²) in [5.74, 6) is -9.96. The highest BCUT2D eigenvalue weighted by molar-refractivity contribution is 9.10. The van der Waals surface area contributed by atoms with Crippen LogP contribution >= 0.6 is 31.9 Å². The van der Waals surface area contributed by atoms with Gasteiger partial charge in [0.2, 0.25) is 4.73 Å². The Hall–Kier alpha value is -1.55. The summed E-state index contributed by atoms with van der Waals surface area (Å²) >= 11 is 5.77. The highest BCUT2D eigenvalue weighted by Gasteiger charge is 2.58. The zero-order chi connectivity index (χ0) is 26.3. The molecule has 0 aliphatic heterocycles. The summed E-state index contributed by atoms with van der Waals surface area (Å²) in [7, 11) is -4.30. The van der Waals surface area contributed by atoms with Gasteiger partial charge in [0.15, 0.2) is 4.73 Å². The standard InChI is InChI=1S/C5H3BrF5N3.C4H5F5O3S.C2H2BrN3/c6-3-12-2-14(13-3)1-4(7,8)5(9,10)11;1-13(10,11)12-2-3(5,6)4(7,8)9;3-2-4-1-5-6-2/h2H,1H2;2H2,1H3;1H,(H,4,5,6). The summed E-state index contributed by atoms with van der Waals surface area (Å²) in [4.78, 5) is 7.02. The van der Waals surface area contributed by atoms with Gasteiger partial charge in [0.1, 0.15) is 25.8 Å². The summed E-state index contributed by atoms with van der Waals surface area (Å²) < 4.78 is 142. The minimum Gasteiger partial charge on any atom is -0.264 e. The highest BCUT2D eigenvalue weighted by Crippen LogP contribution is 2.36. The molecule has 33 heavy (non-hydrogen) atoms. The highest BCUT2D eigenvalue weighted by atomic mass is 79.9. The van der Waals surface area contributed by atoms with Crippen molar-refractivity contribution in [1.82, 2.24) is 29.9 Å². The number of nitrogens with one attached hydrogen (secondary N) is 1. The minimum absolute atomic E-state index is 0.0459. The predicted octanol–water partition coefficient (Wildman–Crippen LogP) is 3.97. The predicted molar refractivity (Wildman–Crippen MR) is 94.6 cm³/mol. The molecule has 0 aromatic carbocycles. The molecule has 0 unspecified atom stereocenters. The van der Waals surface area contributed by atoms with E-state index in [4.69, 9.17) is 0 Å². The smallest absolute Gasteiger partial charge is 0.264 e. The second-order valence-electron chi connectivity index (χ2n) is 5.36. The van der Waals surface area contributed by atoms with Gasteiger partial charge in [-0.05, 0) is 31.9 Å². The number of hydrogen-bond donors (Lipinski definition) is 1. The number of rotatable bonds is 5. The van der Waals surface area contributed by atoms with E-state index in [0.717, 1.165) is 6.33 Å². The average molecular weight is 656 g/mol. The monoisotopic (exact) mass is 654 g/mol. The zero-order valence-corrected chi connectivity index (χ0v) is 19.5. The van der Waals surface area contributed by atoms with Gasteiger partial charge in [-0.1, -0.05) is 0 Å². The van der Waals surface area contributed by atoms with Crippen LogP contribution in [0.1, 0.15) is 0 Å². The van der Waals surface area contributed by atoms with Crippen LogP contribution in [0.2, 0.25) is 0 Å². The van der Waals surface area contributed by atoms with Crippen LogP contribution in [0.15, 0.2) is 22.1 Å². The molecule has 0 spiro atoms. The van der Waals surface area contributed by atoms with Gasteiger partial charge in [-0.15, -0.1) is 5.10 Å². The van der Waals surface area contributed by atoms with Gasteiger partial charge in [-0.25, -0.2) is 14.6 Å². The van der Waals surface area contributed by atoms with Crippen LogP contribution in [0.4, 0.5) is 43.9 Å². The average Bonchev–Trinajstić information content (AvgIpc) is 3.22. The van der Waals surface area contributed by atoms with E-state index < -0.39 is 47.5 Å². The fourth-order valence-electron chi connectivity index (χ4n) is 1.09. The second kappa shape index (κ2) is 11.7. The van der Waals surface area contributed by atoms with E-state index in [9.17, 15) is 52.3 Å². The SMILES string of the molecule is Brc1ncn[nH]1.CS(=O)(=O)OCC(F)(F)C(F)(F)F.FC(F)(F)C(F)(F)Cn1cnc(Br)n1. The Morgan fingerprint density at radius 2 is 1.48 bits per heavy atom. The van der Waals surface area contributed by atoms with Crippen LogP contribution in [0.3, 0.4) is 0 Å². The molecule has 1 N–H and O–H groups in total. The molecule has 2 rings (SSSR count). The van der Waals surface area contributed by atoms with E-state index in [2.05, 4.69) is 61.3 Å². The van der Waals surface area contributed by atoms with Gasteiger partial charge in [0.05, 0.1) is 6.26 Å². The van der Waals surface area contributed by atoms with Crippen LogP contribution < -0.4 is 0 Å². The van der Waals surface area contributed by atoms with Gasteiger partial charge >= 0.3 is 24.2 Å². The fourth-order valence-corrected chi connectivity index (χ4v) is 1.95. The molecule has 2 heterocycles. The summed E-state index contributed by atoms with van der Waals surface area (Å²) in [6, 6.07) is 0. The maximum absolute atomic E-state index is 12.4. The maximum Gasteiger partial charge on any atom is 0.455 e. The number of alkyl halides is 10. The third-order valence-electron chi connectivity index (χ3n) is 2.54.